The van der Waals surface area contributed by atoms with Crippen molar-refractivity contribution in [2.45, 2.75) is 51.1 Å². The predicted octanol–water partition coefficient (Wildman–Crippen LogP) is 2.97. The summed E-state index contributed by atoms with van der Waals surface area (Å²) in [6, 6.07) is 8.14. The van der Waals surface area contributed by atoms with Gasteiger partial charge < -0.3 is 15.6 Å². The molecule has 0 spiro atoms. The molecule has 1 amide bonds. The van der Waals surface area contributed by atoms with Gasteiger partial charge in [-0.1, -0.05) is 25.0 Å². The fraction of sp³-hybridized carbons (Fsp3) is 0.529. The zero-order valence-electron chi connectivity index (χ0n) is 14.0. The van der Waals surface area contributed by atoms with Gasteiger partial charge in [0.1, 0.15) is 5.82 Å². The molecule has 0 saturated heterocycles. The number of carbonyl (C=O) groups excluding carboxylic acids is 1. The Morgan fingerprint density at radius 1 is 1.29 bits per heavy atom. The number of rotatable bonds is 5. The fourth-order valence-electron chi connectivity index (χ4n) is 3.33. The summed E-state index contributed by atoms with van der Waals surface area (Å²) < 4.78 is 2.20. The normalized spacial score (nSPS) is 15.6. The number of para-hydroxylation sites is 2. The Morgan fingerprint density at radius 2 is 1.96 bits per heavy atom. The van der Waals surface area contributed by atoms with Crippen LogP contribution in [0.4, 0.5) is 0 Å². The minimum atomic E-state index is -0.627. The van der Waals surface area contributed by atoms with E-state index in [1.165, 1.54) is 0 Å². The lowest BCUT2D eigenvalue weighted by atomic mass is 9.98. The van der Waals surface area contributed by atoms with Crippen LogP contribution in [0, 0.1) is 6.92 Å². The summed E-state index contributed by atoms with van der Waals surface area (Å²) in [5, 5.41) is 3.00. The van der Waals surface area contributed by atoms with Crippen LogP contribution in [-0.2, 0) is 11.3 Å². The Bertz CT molecular complexity index is 680. The van der Waals surface area contributed by atoms with Gasteiger partial charge in [-0.3, -0.25) is 4.79 Å². The quantitative estimate of drug-likeness (QED) is 0.792. The Morgan fingerprint density at radius 3 is 2.67 bits per heavy atom. The van der Waals surface area contributed by atoms with Crippen molar-refractivity contribution < 1.29 is 4.79 Å². The lowest BCUT2D eigenvalue weighted by Crippen LogP contribution is -2.52. The monoisotopic (exact) mass is 372 g/mol. The number of fused-ring (bicyclic) bond motifs is 1. The number of amides is 1. The SMILES string of the molecule is Cc1nc2ccccc2n1CCCNC(=O)C1(N)CCCC1.Cl.Cl. The summed E-state index contributed by atoms with van der Waals surface area (Å²) in [5.41, 5.74) is 7.70. The van der Waals surface area contributed by atoms with Crippen LogP contribution >= 0.6 is 24.8 Å². The van der Waals surface area contributed by atoms with E-state index < -0.39 is 5.54 Å². The molecule has 5 nitrogen and oxygen atoms in total. The highest BCUT2D eigenvalue weighted by Crippen LogP contribution is 2.27. The summed E-state index contributed by atoms with van der Waals surface area (Å²) in [6.07, 6.45) is 4.62. The highest BCUT2D eigenvalue weighted by molar-refractivity contribution is 5.86. The summed E-state index contributed by atoms with van der Waals surface area (Å²) in [4.78, 5) is 16.7. The highest BCUT2D eigenvalue weighted by atomic mass is 35.5. The number of nitrogens with two attached hydrogens (primary N) is 1. The molecular formula is C17H26Cl2N4O. The predicted molar refractivity (Wildman–Crippen MR) is 102 cm³/mol. The molecule has 3 N–H and O–H groups in total. The molecule has 24 heavy (non-hydrogen) atoms. The van der Waals surface area contributed by atoms with Gasteiger partial charge in [0.15, 0.2) is 0 Å². The first-order valence-electron chi connectivity index (χ1n) is 8.09. The zero-order chi connectivity index (χ0) is 15.6. The first-order chi connectivity index (χ1) is 10.6. The van der Waals surface area contributed by atoms with Crippen LogP contribution < -0.4 is 11.1 Å². The second kappa shape index (κ2) is 8.70. The molecule has 1 fully saturated rings. The van der Waals surface area contributed by atoms with E-state index >= 15 is 0 Å². The third-order valence-corrected chi connectivity index (χ3v) is 4.64. The molecule has 1 saturated carbocycles. The summed E-state index contributed by atoms with van der Waals surface area (Å²) in [5.74, 6) is 1.02. The number of hydrogen-bond acceptors (Lipinski definition) is 3. The lowest BCUT2D eigenvalue weighted by Gasteiger charge is -2.22. The average molecular weight is 373 g/mol. The lowest BCUT2D eigenvalue weighted by molar-refractivity contribution is -0.126. The number of halogens is 2. The molecule has 1 heterocycles. The Balaban J connectivity index is 0.00000144. The van der Waals surface area contributed by atoms with Gasteiger partial charge in [-0.15, -0.1) is 24.8 Å². The van der Waals surface area contributed by atoms with E-state index in [-0.39, 0.29) is 30.7 Å². The van der Waals surface area contributed by atoms with E-state index in [0.29, 0.717) is 6.54 Å². The topological polar surface area (TPSA) is 72.9 Å². The summed E-state index contributed by atoms with van der Waals surface area (Å²) in [7, 11) is 0. The van der Waals surface area contributed by atoms with E-state index in [1.807, 2.05) is 25.1 Å². The molecule has 0 atom stereocenters. The van der Waals surface area contributed by atoms with Crippen LogP contribution in [0.1, 0.15) is 37.9 Å². The molecule has 1 aliphatic rings. The standard InChI is InChI=1S/C17H24N4O.2ClH/c1-13-20-14-7-2-3-8-15(14)21(13)12-6-11-19-16(22)17(18)9-4-5-10-17;;/h2-3,7-8H,4-6,9-12,18H2,1H3,(H,19,22);2*1H. The van der Waals surface area contributed by atoms with Crippen molar-refractivity contribution in [3.8, 4) is 0 Å². The van der Waals surface area contributed by atoms with Crippen LogP contribution in [0.2, 0.25) is 0 Å². The maximum atomic E-state index is 12.2. The van der Waals surface area contributed by atoms with Crippen molar-refractivity contribution >= 4 is 41.8 Å². The Hall–Kier alpha value is -1.30. The molecule has 7 heteroatoms. The van der Waals surface area contributed by atoms with Gasteiger partial charge in [-0.2, -0.15) is 0 Å². The molecule has 1 aliphatic carbocycles. The van der Waals surface area contributed by atoms with E-state index in [1.54, 1.807) is 0 Å². The number of carbonyl (C=O) groups is 1. The third kappa shape index (κ3) is 4.21. The van der Waals surface area contributed by atoms with Crippen LogP contribution in [0.15, 0.2) is 24.3 Å². The van der Waals surface area contributed by atoms with Crippen LogP contribution in [0.3, 0.4) is 0 Å². The Kier molecular flexibility index (Phi) is 7.52. The minimum absolute atomic E-state index is 0. The summed E-state index contributed by atoms with van der Waals surface area (Å²) >= 11 is 0. The van der Waals surface area contributed by atoms with Gasteiger partial charge in [-0.05, 0) is 38.3 Å². The van der Waals surface area contributed by atoms with Crippen molar-refractivity contribution in [2.24, 2.45) is 5.73 Å². The number of aryl methyl sites for hydroxylation is 2. The number of benzene rings is 1. The molecular weight excluding hydrogens is 347 g/mol. The fourth-order valence-corrected chi connectivity index (χ4v) is 3.33. The molecule has 134 valence electrons. The van der Waals surface area contributed by atoms with Crippen LogP contribution in [0.5, 0.6) is 0 Å². The average Bonchev–Trinajstić information content (AvgIpc) is 3.08. The molecule has 0 aliphatic heterocycles. The molecule has 1 aromatic carbocycles. The smallest absolute Gasteiger partial charge is 0.240 e. The second-order valence-corrected chi connectivity index (χ2v) is 6.27. The Labute approximate surface area is 155 Å². The van der Waals surface area contributed by atoms with Crippen molar-refractivity contribution in [3.63, 3.8) is 0 Å². The first-order valence-corrected chi connectivity index (χ1v) is 8.09. The number of nitrogens with one attached hydrogen (secondary N) is 1. The maximum absolute atomic E-state index is 12.2. The van der Waals surface area contributed by atoms with Crippen molar-refractivity contribution in [1.29, 1.82) is 0 Å². The first kappa shape index (κ1) is 20.7. The van der Waals surface area contributed by atoms with Crippen molar-refractivity contribution in [2.75, 3.05) is 6.54 Å². The molecule has 0 bridgehead atoms. The largest absolute Gasteiger partial charge is 0.354 e. The van der Waals surface area contributed by atoms with E-state index in [4.69, 9.17) is 5.73 Å². The highest BCUT2D eigenvalue weighted by Gasteiger charge is 2.36. The second-order valence-electron chi connectivity index (χ2n) is 6.27. The van der Waals surface area contributed by atoms with Gasteiger partial charge in [0, 0.05) is 13.1 Å². The molecule has 0 radical (unpaired) electrons. The van der Waals surface area contributed by atoms with Gasteiger partial charge in [0.05, 0.1) is 16.6 Å². The van der Waals surface area contributed by atoms with Crippen LogP contribution in [-0.4, -0.2) is 27.5 Å². The van der Waals surface area contributed by atoms with Crippen molar-refractivity contribution in [3.05, 3.63) is 30.1 Å². The van der Waals surface area contributed by atoms with E-state index in [9.17, 15) is 4.79 Å². The summed E-state index contributed by atoms with van der Waals surface area (Å²) in [6.45, 7) is 3.53. The van der Waals surface area contributed by atoms with E-state index in [2.05, 4.69) is 20.9 Å². The minimum Gasteiger partial charge on any atom is -0.354 e. The zero-order valence-corrected chi connectivity index (χ0v) is 15.6. The van der Waals surface area contributed by atoms with E-state index in [0.717, 1.165) is 55.5 Å². The molecule has 1 aromatic heterocycles. The third-order valence-electron chi connectivity index (χ3n) is 4.64. The number of hydrogen-bond donors (Lipinski definition) is 2. The molecule has 3 rings (SSSR count). The maximum Gasteiger partial charge on any atom is 0.240 e. The van der Waals surface area contributed by atoms with Crippen molar-refractivity contribution in [1.82, 2.24) is 14.9 Å². The van der Waals surface area contributed by atoms with Gasteiger partial charge in [0.25, 0.3) is 0 Å². The van der Waals surface area contributed by atoms with Gasteiger partial charge in [0.2, 0.25) is 5.91 Å². The van der Waals surface area contributed by atoms with Crippen LogP contribution in [0.25, 0.3) is 11.0 Å². The molecule has 2 aromatic rings. The number of nitrogens with zero attached hydrogens (tertiary/aromatic N) is 2. The molecule has 0 unspecified atom stereocenters. The number of aromatic nitrogens is 2. The van der Waals surface area contributed by atoms with Gasteiger partial charge >= 0.3 is 0 Å². The van der Waals surface area contributed by atoms with Gasteiger partial charge in [-0.25, -0.2) is 4.98 Å². The number of imidazole rings is 1.